The molecule has 7 nitrogen and oxygen atoms in total. The summed E-state index contributed by atoms with van der Waals surface area (Å²) in [6.07, 6.45) is 9.06. The van der Waals surface area contributed by atoms with Crippen LogP contribution in [0.15, 0.2) is 4.52 Å². The highest BCUT2D eigenvalue weighted by atomic mass is 16.6. The van der Waals surface area contributed by atoms with Crippen molar-refractivity contribution in [2.75, 3.05) is 6.54 Å². The highest BCUT2D eigenvalue weighted by molar-refractivity contribution is 5.87. The smallest absolute Gasteiger partial charge is 0.307 e. The highest BCUT2D eigenvalue weighted by Crippen LogP contribution is 2.45. The van der Waals surface area contributed by atoms with Crippen LogP contribution in [-0.2, 0) is 20.7 Å². The first-order chi connectivity index (χ1) is 12.2. The van der Waals surface area contributed by atoms with Crippen LogP contribution in [0.2, 0.25) is 0 Å². The summed E-state index contributed by atoms with van der Waals surface area (Å²) in [6, 6.07) is 0. The largest absolute Gasteiger partial charge is 0.458 e. The van der Waals surface area contributed by atoms with Gasteiger partial charge in [0, 0.05) is 18.9 Å². The van der Waals surface area contributed by atoms with Gasteiger partial charge < -0.3 is 14.6 Å². The number of aromatic nitrogens is 2. The topological polar surface area (TPSA) is 94.3 Å². The lowest BCUT2D eigenvalue weighted by Crippen LogP contribution is -2.43. The fraction of sp³-hybridized carbons (Fsp3) is 0.778. The van der Waals surface area contributed by atoms with Gasteiger partial charge in [-0.15, -0.1) is 0 Å². The van der Waals surface area contributed by atoms with E-state index in [4.69, 9.17) is 9.26 Å². The zero-order chi connectivity index (χ0) is 17.3. The molecular weight excluding hydrogens is 322 g/mol. The molecule has 136 valence electrons. The Morgan fingerprint density at radius 1 is 1.20 bits per heavy atom. The van der Waals surface area contributed by atoms with Crippen LogP contribution in [0.25, 0.3) is 0 Å². The van der Waals surface area contributed by atoms with Crippen molar-refractivity contribution in [3.05, 3.63) is 11.7 Å². The molecule has 3 fully saturated rings. The fourth-order valence-corrected chi connectivity index (χ4v) is 4.58. The SMILES string of the molecule is O=C1CC(C(=O)NCCc2noc(C3CCCC3)n2)C2(CCCC2)O1. The Morgan fingerprint density at radius 2 is 1.96 bits per heavy atom. The molecule has 4 rings (SSSR count). The molecule has 1 spiro atoms. The maximum atomic E-state index is 12.5. The standard InChI is InChI=1S/C18H25N3O4/c22-15-11-13(18(24-15)8-3-4-9-18)16(23)19-10-7-14-20-17(25-21-14)12-5-1-2-6-12/h12-13H,1-11H2,(H,19,23). The molecule has 2 saturated carbocycles. The Bertz CT molecular complexity index is 645. The second-order valence-corrected chi connectivity index (χ2v) is 7.57. The van der Waals surface area contributed by atoms with Gasteiger partial charge in [-0.2, -0.15) is 4.98 Å². The first-order valence-corrected chi connectivity index (χ1v) is 9.48. The van der Waals surface area contributed by atoms with E-state index in [1.165, 1.54) is 12.8 Å². The highest BCUT2D eigenvalue weighted by Gasteiger charge is 2.53. The van der Waals surface area contributed by atoms with Gasteiger partial charge in [-0.1, -0.05) is 18.0 Å². The molecule has 7 heteroatoms. The average Bonchev–Trinajstić information content (AvgIpc) is 3.35. The van der Waals surface area contributed by atoms with E-state index in [2.05, 4.69) is 15.5 Å². The van der Waals surface area contributed by atoms with Gasteiger partial charge in [0.15, 0.2) is 5.82 Å². The lowest BCUT2D eigenvalue weighted by Gasteiger charge is -2.27. The summed E-state index contributed by atoms with van der Waals surface area (Å²) in [5.74, 6) is 1.07. The Hall–Kier alpha value is -1.92. The summed E-state index contributed by atoms with van der Waals surface area (Å²) in [7, 11) is 0. The minimum atomic E-state index is -0.553. The van der Waals surface area contributed by atoms with Crippen LogP contribution >= 0.6 is 0 Å². The average molecular weight is 347 g/mol. The first-order valence-electron chi connectivity index (χ1n) is 9.48. The van der Waals surface area contributed by atoms with Crippen LogP contribution in [0.3, 0.4) is 0 Å². The maximum absolute atomic E-state index is 12.5. The minimum absolute atomic E-state index is 0.0905. The third kappa shape index (κ3) is 3.28. The van der Waals surface area contributed by atoms with Crippen LogP contribution < -0.4 is 5.32 Å². The third-order valence-electron chi connectivity index (χ3n) is 5.93. The predicted molar refractivity (Wildman–Crippen MR) is 87.6 cm³/mol. The number of esters is 1. The molecule has 0 bridgehead atoms. The van der Waals surface area contributed by atoms with Crippen molar-refractivity contribution in [2.45, 2.75) is 75.7 Å². The molecule has 0 aromatic carbocycles. The summed E-state index contributed by atoms with van der Waals surface area (Å²) in [4.78, 5) is 28.7. The molecule has 3 aliphatic rings. The molecule has 1 aromatic rings. The van der Waals surface area contributed by atoms with Gasteiger partial charge in [0.25, 0.3) is 0 Å². The zero-order valence-electron chi connectivity index (χ0n) is 14.5. The molecule has 1 amide bonds. The number of hydrogen-bond acceptors (Lipinski definition) is 6. The van der Waals surface area contributed by atoms with Gasteiger partial charge >= 0.3 is 5.97 Å². The fourth-order valence-electron chi connectivity index (χ4n) is 4.58. The molecule has 2 heterocycles. The van der Waals surface area contributed by atoms with E-state index in [0.29, 0.717) is 24.7 Å². The van der Waals surface area contributed by atoms with E-state index in [-0.39, 0.29) is 24.2 Å². The molecular formula is C18H25N3O4. The Labute approximate surface area is 146 Å². The number of nitrogens with one attached hydrogen (secondary N) is 1. The lowest BCUT2D eigenvalue weighted by atomic mass is 9.85. The predicted octanol–water partition coefficient (Wildman–Crippen LogP) is 2.26. The summed E-state index contributed by atoms with van der Waals surface area (Å²) in [6.45, 7) is 0.448. The molecule has 0 radical (unpaired) electrons. The van der Waals surface area contributed by atoms with Crippen LogP contribution in [0, 0.1) is 5.92 Å². The molecule has 2 aliphatic carbocycles. The van der Waals surface area contributed by atoms with E-state index < -0.39 is 5.60 Å². The van der Waals surface area contributed by atoms with E-state index in [9.17, 15) is 9.59 Å². The van der Waals surface area contributed by atoms with Crippen molar-refractivity contribution in [1.29, 1.82) is 0 Å². The van der Waals surface area contributed by atoms with Gasteiger partial charge in [-0.25, -0.2) is 0 Å². The first kappa shape index (κ1) is 16.5. The van der Waals surface area contributed by atoms with Crippen molar-refractivity contribution in [2.24, 2.45) is 5.92 Å². The van der Waals surface area contributed by atoms with Crippen molar-refractivity contribution in [3.8, 4) is 0 Å². The molecule has 1 saturated heterocycles. The van der Waals surface area contributed by atoms with Crippen LogP contribution in [0.4, 0.5) is 0 Å². The molecule has 1 aromatic heterocycles. The van der Waals surface area contributed by atoms with Crippen LogP contribution in [-0.4, -0.2) is 34.2 Å². The number of hydrogen-bond donors (Lipinski definition) is 1. The maximum Gasteiger partial charge on any atom is 0.307 e. The van der Waals surface area contributed by atoms with Gasteiger partial charge in [-0.3, -0.25) is 9.59 Å². The second kappa shape index (κ2) is 6.77. The Kier molecular flexibility index (Phi) is 4.48. The third-order valence-corrected chi connectivity index (χ3v) is 5.93. The molecule has 25 heavy (non-hydrogen) atoms. The van der Waals surface area contributed by atoms with Crippen molar-refractivity contribution >= 4 is 11.9 Å². The van der Waals surface area contributed by atoms with Gasteiger partial charge in [0.2, 0.25) is 11.8 Å². The zero-order valence-corrected chi connectivity index (χ0v) is 14.5. The number of carbonyl (C=O) groups is 2. The molecule has 1 unspecified atom stereocenters. The summed E-state index contributed by atoms with van der Waals surface area (Å²) in [5, 5.41) is 6.95. The normalized spacial score (nSPS) is 25.6. The molecule has 1 atom stereocenters. The minimum Gasteiger partial charge on any atom is -0.458 e. The summed E-state index contributed by atoms with van der Waals surface area (Å²) < 4.78 is 10.9. The van der Waals surface area contributed by atoms with Crippen LogP contribution in [0.5, 0.6) is 0 Å². The number of ether oxygens (including phenoxy) is 1. The quantitative estimate of drug-likeness (QED) is 0.821. The van der Waals surface area contributed by atoms with E-state index in [0.717, 1.165) is 44.4 Å². The monoisotopic (exact) mass is 347 g/mol. The second-order valence-electron chi connectivity index (χ2n) is 7.57. The Balaban J connectivity index is 1.29. The van der Waals surface area contributed by atoms with E-state index in [1.807, 2.05) is 0 Å². The number of nitrogens with zero attached hydrogens (tertiary/aromatic N) is 2. The van der Waals surface area contributed by atoms with Gasteiger partial charge in [0.05, 0.1) is 12.3 Å². The number of rotatable bonds is 5. The summed E-state index contributed by atoms with van der Waals surface area (Å²) >= 11 is 0. The van der Waals surface area contributed by atoms with E-state index in [1.54, 1.807) is 0 Å². The lowest BCUT2D eigenvalue weighted by molar-refractivity contribution is -0.149. The number of amides is 1. The van der Waals surface area contributed by atoms with Gasteiger partial charge in [-0.05, 0) is 38.5 Å². The van der Waals surface area contributed by atoms with Gasteiger partial charge in [0.1, 0.15) is 5.60 Å². The Morgan fingerprint density at radius 3 is 2.72 bits per heavy atom. The van der Waals surface area contributed by atoms with Crippen molar-refractivity contribution < 1.29 is 18.8 Å². The number of carbonyl (C=O) groups excluding carboxylic acids is 2. The van der Waals surface area contributed by atoms with Crippen molar-refractivity contribution in [3.63, 3.8) is 0 Å². The molecule has 1 N–H and O–H groups in total. The van der Waals surface area contributed by atoms with Crippen molar-refractivity contribution in [1.82, 2.24) is 15.5 Å². The van der Waals surface area contributed by atoms with E-state index >= 15 is 0 Å². The molecule has 1 aliphatic heterocycles. The summed E-state index contributed by atoms with van der Waals surface area (Å²) in [5.41, 5.74) is -0.553. The van der Waals surface area contributed by atoms with Crippen LogP contribution in [0.1, 0.15) is 75.4 Å².